The quantitative estimate of drug-likeness (QED) is 0.161. The maximum Gasteiger partial charge on any atom is 0.169 e. The zero-order valence-electron chi connectivity index (χ0n) is 24.5. The lowest BCUT2D eigenvalue weighted by Crippen LogP contribution is -1.98. The van der Waals surface area contributed by atoms with Crippen molar-refractivity contribution in [1.29, 1.82) is 0 Å². The Hall–Kier alpha value is -5.10. The van der Waals surface area contributed by atoms with Crippen LogP contribution in [-0.4, -0.2) is 34.6 Å². The van der Waals surface area contributed by atoms with E-state index in [1.54, 1.807) is 13.8 Å². The highest BCUT2D eigenvalue weighted by molar-refractivity contribution is 6.13. The molecular formula is C36H34O6. The van der Waals surface area contributed by atoms with Crippen LogP contribution in [0, 0.1) is 27.7 Å². The molecule has 0 unspecified atom stereocenters. The molecule has 6 nitrogen and oxygen atoms in total. The van der Waals surface area contributed by atoms with Crippen LogP contribution in [0.3, 0.4) is 0 Å². The van der Waals surface area contributed by atoms with Crippen molar-refractivity contribution < 1.29 is 29.9 Å². The Morgan fingerprint density at radius 2 is 0.619 bits per heavy atom. The molecule has 0 bridgehead atoms. The molecule has 0 heterocycles. The molecule has 0 fully saturated rings. The van der Waals surface area contributed by atoms with Crippen LogP contribution >= 0.6 is 0 Å². The van der Waals surface area contributed by atoms with E-state index in [1.807, 2.05) is 86.6 Å². The molecule has 0 aromatic heterocycles. The number of aryl methyl sites for hydroxylation is 4. The maximum absolute atomic E-state index is 10.9. The number of benzene rings is 6. The molecule has 42 heavy (non-hydrogen) atoms. The minimum atomic E-state index is -0.0128. The van der Waals surface area contributed by atoms with E-state index in [0.29, 0.717) is 22.6 Å². The molecule has 6 aromatic rings. The van der Waals surface area contributed by atoms with Gasteiger partial charge in [0.15, 0.2) is 34.5 Å². The standard InChI is InChI=1S/C24H22O4.C12H12O2/c1-13-15-9-5-7-11-17(15)19(23(27-3)21(13)25)20-18-12-8-6-10-16(18)14(2)22(26)24(20)28-4;1-7-9-5-3-4-6-10(9)8(2)12(14)11(7)13/h5-12,25-26H,1-4H3;3-6,13-14H,1-2H3. The van der Waals surface area contributed by atoms with Gasteiger partial charge in [0.25, 0.3) is 0 Å². The molecule has 0 aliphatic carbocycles. The first-order valence-electron chi connectivity index (χ1n) is 13.6. The van der Waals surface area contributed by atoms with Gasteiger partial charge in [-0.25, -0.2) is 0 Å². The summed E-state index contributed by atoms with van der Waals surface area (Å²) in [5, 5.41) is 46.7. The molecule has 0 aliphatic rings. The number of aromatic hydroxyl groups is 4. The first kappa shape index (κ1) is 28.4. The topological polar surface area (TPSA) is 99.4 Å². The Balaban J connectivity index is 0.000000211. The van der Waals surface area contributed by atoms with Crippen molar-refractivity contribution in [3.63, 3.8) is 0 Å². The fourth-order valence-electron chi connectivity index (χ4n) is 5.77. The van der Waals surface area contributed by atoms with Crippen LogP contribution in [0.5, 0.6) is 34.5 Å². The van der Waals surface area contributed by atoms with Crippen molar-refractivity contribution in [2.75, 3.05) is 14.2 Å². The van der Waals surface area contributed by atoms with Crippen molar-refractivity contribution >= 4 is 32.3 Å². The SMILES string of the molecule is COc1c(O)c(C)c2ccccc2c1-c1c(OC)c(O)c(C)c2ccccc12.Cc1c(O)c(O)c(C)c2ccccc12. The van der Waals surface area contributed by atoms with Crippen molar-refractivity contribution in [2.45, 2.75) is 27.7 Å². The van der Waals surface area contributed by atoms with Gasteiger partial charge in [0.05, 0.1) is 14.2 Å². The predicted octanol–water partition coefficient (Wildman–Crippen LogP) is 8.57. The van der Waals surface area contributed by atoms with Crippen LogP contribution in [0.2, 0.25) is 0 Å². The average molecular weight is 563 g/mol. The van der Waals surface area contributed by atoms with Crippen LogP contribution < -0.4 is 9.47 Å². The second kappa shape index (κ2) is 11.1. The van der Waals surface area contributed by atoms with Gasteiger partial charge in [0, 0.05) is 33.4 Å². The Kier molecular flexibility index (Phi) is 7.48. The van der Waals surface area contributed by atoms with E-state index in [0.717, 1.165) is 54.6 Å². The Labute approximate surface area is 244 Å². The van der Waals surface area contributed by atoms with E-state index in [4.69, 9.17) is 9.47 Å². The maximum atomic E-state index is 10.9. The number of phenols is 4. The summed E-state index contributed by atoms with van der Waals surface area (Å²) in [5.74, 6) is 0.873. The molecule has 6 heteroatoms. The van der Waals surface area contributed by atoms with Crippen LogP contribution in [0.25, 0.3) is 43.4 Å². The number of phenolic OH excluding ortho intramolecular Hbond substituents is 4. The molecule has 0 spiro atoms. The van der Waals surface area contributed by atoms with Crippen molar-refractivity contribution in [2.24, 2.45) is 0 Å². The molecule has 0 atom stereocenters. The minimum Gasteiger partial charge on any atom is -0.504 e. The first-order chi connectivity index (χ1) is 20.1. The molecule has 0 saturated carbocycles. The lowest BCUT2D eigenvalue weighted by molar-refractivity contribution is 0.369. The van der Waals surface area contributed by atoms with Crippen molar-refractivity contribution in [3.05, 3.63) is 95.1 Å². The number of methoxy groups -OCH3 is 2. The highest BCUT2D eigenvalue weighted by atomic mass is 16.5. The minimum absolute atomic E-state index is 0.0128. The van der Waals surface area contributed by atoms with E-state index < -0.39 is 0 Å². The molecule has 0 saturated heterocycles. The number of hydrogen-bond acceptors (Lipinski definition) is 6. The monoisotopic (exact) mass is 562 g/mol. The summed E-state index contributed by atoms with van der Waals surface area (Å²) in [5.41, 5.74) is 4.34. The molecule has 0 radical (unpaired) electrons. The van der Waals surface area contributed by atoms with Crippen molar-refractivity contribution in [3.8, 4) is 45.6 Å². The van der Waals surface area contributed by atoms with Gasteiger partial charge in [-0.15, -0.1) is 0 Å². The first-order valence-corrected chi connectivity index (χ1v) is 13.6. The number of ether oxygens (including phenoxy) is 2. The van der Waals surface area contributed by atoms with E-state index in [9.17, 15) is 20.4 Å². The van der Waals surface area contributed by atoms with Gasteiger partial charge < -0.3 is 29.9 Å². The van der Waals surface area contributed by atoms with Gasteiger partial charge in [-0.05, 0) is 60.0 Å². The number of rotatable bonds is 3. The lowest BCUT2D eigenvalue weighted by Gasteiger charge is -2.21. The fraction of sp³-hybridized carbons (Fsp3) is 0.167. The zero-order chi connectivity index (χ0) is 30.3. The third-order valence-electron chi connectivity index (χ3n) is 8.12. The third kappa shape index (κ3) is 4.36. The van der Waals surface area contributed by atoms with E-state index >= 15 is 0 Å². The number of fused-ring (bicyclic) bond motifs is 3. The summed E-state index contributed by atoms with van der Waals surface area (Å²) < 4.78 is 11.3. The normalized spacial score (nSPS) is 11.0. The van der Waals surface area contributed by atoms with Crippen LogP contribution in [0.4, 0.5) is 0 Å². The molecule has 0 aliphatic heterocycles. The third-order valence-corrected chi connectivity index (χ3v) is 8.12. The van der Waals surface area contributed by atoms with Gasteiger partial charge in [-0.3, -0.25) is 0 Å². The molecule has 6 rings (SSSR count). The van der Waals surface area contributed by atoms with Crippen LogP contribution in [-0.2, 0) is 0 Å². The largest absolute Gasteiger partial charge is 0.504 e. The van der Waals surface area contributed by atoms with Crippen molar-refractivity contribution in [1.82, 2.24) is 0 Å². The molecule has 0 amide bonds. The fourth-order valence-corrected chi connectivity index (χ4v) is 5.77. The Morgan fingerprint density at radius 1 is 0.381 bits per heavy atom. The van der Waals surface area contributed by atoms with Crippen LogP contribution in [0.1, 0.15) is 22.3 Å². The summed E-state index contributed by atoms with van der Waals surface area (Å²) in [4.78, 5) is 0. The second-order valence-electron chi connectivity index (χ2n) is 10.3. The molecule has 214 valence electrons. The highest BCUT2D eigenvalue weighted by Gasteiger charge is 2.26. The van der Waals surface area contributed by atoms with Crippen LogP contribution in [0.15, 0.2) is 72.8 Å². The van der Waals surface area contributed by atoms with E-state index in [2.05, 4.69) is 0 Å². The zero-order valence-corrected chi connectivity index (χ0v) is 24.5. The summed E-state index contributed by atoms with van der Waals surface area (Å²) in [6, 6.07) is 23.4. The predicted molar refractivity (Wildman–Crippen MR) is 170 cm³/mol. The molecule has 4 N–H and O–H groups in total. The summed E-state index contributed by atoms with van der Waals surface area (Å²) in [6.45, 7) is 7.34. The highest BCUT2D eigenvalue weighted by Crippen LogP contribution is 2.53. The van der Waals surface area contributed by atoms with Gasteiger partial charge in [0.1, 0.15) is 0 Å². The molecule has 6 aromatic carbocycles. The summed E-state index contributed by atoms with van der Waals surface area (Å²) in [7, 11) is 3.07. The van der Waals surface area contributed by atoms with E-state index in [-0.39, 0.29) is 23.0 Å². The average Bonchev–Trinajstić information content (AvgIpc) is 3.02. The van der Waals surface area contributed by atoms with Gasteiger partial charge in [-0.1, -0.05) is 72.8 Å². The van der Waals surface area contributed by atoms with E-state index in [1.165, 1.54) is 14.2 Å². The summed E-state index contributed by atoms with van der Waals surface area (Å²) in [6.07, 6.45) is 0. The molecular weight excluding hydrogens is 528 g/mol. The summed E-state index contributed by atoms with van der Waals surface area (Å²) >= 11 is 0. The number of hydrogen-bond donors (Lipinski definition) is 4. The Morgan fingerprint density at radius 3 is 0.905 bits per heavy atom. The van der Waals surface area contributed by atoms with Gasteiger partial charge in [-0.2, -0.15) is 0 Å². The second-order valence-corrected chi connectivity index (χ2v) is 10.3. The Bertz CT molecular complexity index is 1850. The van der Waals surface area contributed by atoms with Gasteiger partial charge in [0.2, 0.25) is 0 Å². The smallest absolute Gasteiger partial charge is 0.169 e. The lowest BCUT2D eigenvalue weighted by atomic mass is 9.88. The van der Waals surface area contributed by atoms with Gasteiger partial charge >= 0.3 is 0 Å².